The lowest BCUT2D eigenvalue weighted by Crippen LogP contribution is -2.46. The summed E-state index contributed by atoms with van der Waals surface area (Å²) in [5.74, 6) is 5.87. The van der Waals surface area contributed by atoms with Crippen molar-refractivity contribution in [3.63, 3.8) is 0 Å². The Balaban J connectivity index is -0.000000364. The Kier molecular flexibility index (Phi) is 46.6. The zero-order valence-corrected chi connectivity index (χ0v) is 47.5. The summed E-state index contributed by atoms with van der Waals surface area (Å²) in [6, 6.07) is 0. The van der Waals surface area contributed by atoms with Crippen molar-refractivity contribution < 1.29 is 37.9 Å². The summed E-state index contributed by atoms with van der Waals surface area (Å²) in [6.07, 6.45) is 13.6. The molecule has 2 rings (SSSR count). The summed E-state index contributed by atoms with van der Waals surface area (Å²) < 4.78 is 45.0. The molecule has 0 spiro atoms. The maximum absolute atomic E-state index is 5.87. The van der Waals surface area contributed by atoms with Gasteiger partial charge in [-0.3, -0.25) is 0 Å². The first-order valence-electron chi connectivity index (χ1n) is 27.1. The minimum absolute atomic E-state index is 0. The highest BCUT2D eigenvalue weighted by Crippen LogP contribution is 2.38. The number of hydrogen-bond acceptors (Lipinski definition) is 8. The van der Waals surface area contributed by atoms with Crippen LogP contribution in [0.4, 0.5) is 0 Å². The van der Waals surface area contributed by atoms with E-state index in [9.17, 15) is 0 Å². The molecule has 398 valence electrons. The highest BCUT2D eigenvalue weighted by atomic mass is 16.8. The molecule has 8 nitrogen and oxygen atoms in total. The third-order valence-electron chi connectivity index (χ3n) is 16.0. The van der Waals surface area contributed by atoms with Gasteiger partial charge >= 0.3 is 0 Å². The van der Waals surface area contributed by atoms with E-state index in [-0.39, 0.29) is 31.7 Å². The Morgan fingerprint density at radius 2 is 0.800 bits per heavy atom. The van der Waals surface area contributed by atoms with Crippen LogP contribution in [0.1, 0.15) is 223 Å². The van der Waals surface area contributed by atoms with Crippen LogP contribution in [0.25, 0.3) is 0 Å². The molecule has 2 fully saturated rings. The van der Waals surface area contributed by atoms with E-state index in [4.69, 9.17) is 37.9 Å². The van der Waals surface area contributed by atoms with Gasteiger partial charge in [0.05, 0.1) is 25.9 Å². The second kappa shape index (κ2) is 42.5. The topological polar surface area (TPSA) is 73.8 Å². The fraction of sp³-hybridized carbons (Fsp3) is 1.00. The van der Waals surface area contributed by atoms with Crippen LogP contribution in [0.3, 0.4) is 0 Å². The summed E-state index contributed by atoms with van der Waals surface area (Å²) in [7, 11) is 3.42. The molecule has 65 heavy (non-hydrogen) atoms. The van der Waals surface area contributed by atoms with Crippen molar-refractivity contribution >= 4 is 0 Å². The van der Waals surface area contributed by atoms with Gasteiger partial charge in [-0.15, -0.1) is 0 Å². The standard InChI is InChI=1S/C15H32O3.C11H22O3.C11H22O2.C10H22.C9H20.CH4/c1-5-9-16-12-15(8-4,13-17-10-6-2)14-18-11-7-3;1-6-13-11-9(4)7(2)8(3)10(12-5)14-11;1-6-7(2)10-8(3)9(4)11(12-5)13-10;1-6-8(3)10(5)9(4)7-2;1-5-9(6-2,7-3)8-4;/h5-14H2,1-4H3;7-11H,6H2,1-5H3;7-11H,6H2,1-5H3;8-10H,6-7H2,1-5H3;5-8H2,1-4H3;1H4. The summed E-state index contributed by atoms with van der Waals surface area (Å²) in [5.41, 5.74) is 0.694. The smallest absolute Gasteiger partial charge is 0.163 e. The van der Waals surface area contributed by atoms with E-state index in [0.717, 1.165) is 83.1 Å². The van der Waals surface area contributed by atoms with E-state index in [1.54, 1.807) is 14.2 Å². The van der Waals surface area contributed by atoms with Crippen LogP contribution < -0.4 is 0 Å². The monoisotopic (exact) mass is 935 g/mol. The molecular weight excluding hydrogens is 813 g/mol. The van der Waals surface area contributed by atoms with Crippen LogP contribution in [-0.4, -0.2) is 85.4 Å². The Hall–Kier alpha value is -0.320. The molecule has 0 saturated carbocycles. The van der Waals surface area contributed by atoms with Crippen LogP contribution in [0.2, 0.25) is 0 Å². The molecule has 0 aromatic heterocycles. The number of rotatable bonds is 27. The molecule has 0 bridgehead atoms. The Morgan fingerprint density at radius 1 is 0.446 bits per heavy atom. The van der Waals surface area contributed by atoms with Gasteiger partial charge in [-0.05, 0) is 73.5 Å². The van der Waals surface area contributed by atoms with E-state index in [1.807, 2.05) is 6.92 Å². The number of hydrogen-bond donors (Lipinski definition) is 0. The van der Waals surface area contributed by atoms with Gasteiger partial charge in [0.25, 0.3) is 0 Å². The van der Waals surface area contributed by atoms with Crippen molar-refractivity contribution in [1.82, 2.24) is 0 Å². The van der Waals surface area contributed by atoms with E-state index in [2.05, 4.69) is 138 Å². The summed E-state index contributed by atoms with van der Waals surface area (Å²) in [6.45, 7) is 52.3. The van der Waals surface area contributed by atoms with Crippen molar-refractivity contribution in [2.45, 2.75) is 248 Å². The molecule has 12 atom stereocenters. The third-order valence-corrected chi connectivity index (χ3v) is 16.0. The lowest BCUT2D eigenvalue weighted by atomic mass is 9.78. The summed E-state index contributed by atoms with van der Waals surface area (Å²) in [4.78, 5) is 0. The van der Waals surface area contributed by atoms with Gasteiger partial charge in [-0.2, -0.15) is 0 Å². The first-order valence-corrected chi connectivity index (χ1v) is 27.1. The molecule has 8 heteroatoms. The minimum Gasteiger partial charge on any atom is -0.381 e. The molecular formula is C57H122O8. The average molecular weight is 936 g/mol. The van der Waals surface area contributed by atoms with E-state index in [0.29, 0.717) is 53.6 Å². The van der Waals surface area contributed by atoms with Gasteiger partial charge in [0, 0.05) is 63.8 Å². The second-order valence-electron chi connectivity index (χ2n) is 20.0. The Labute approximate surface area is 409 Å². The molecule has 12 unspecified atom stereocenters. The fourth-order valence-corrected chi connectivity index (χ4v) is 8.62. The normalized spacial score (nSPS) is 26.0. The maximum atomic E-state index is 5.87. The van der Waals surface area contributed by atoms with Crippen LogP contribution in [0.15, 0.2) is 0 Å². The molecule has 0 N–H and O–H groups in total. The van der Waals surface area contributed by atoms with Crippen LogP contribution in [0, 0.1) is 64.1 Å². The third kappa shape index (κ3) is 27.6. The van der Waals surface area contributed by atoms with E-state index >= 15 is 0 Å². The first-order chi connectivity index (χ1) is 30.3. The van der Waals surface area contributed by atoms with Gasteiger partial charge in [0.1, 0.15) is 0 Å². The van der Waals surface area contributed by atoms with Crippen molar-refractivity contribution in [2.24, 2.45) is 64.1 Å². The van der Waals surface area contributed by atoms with Crippen LogP contribution in [-0.2, 0) is 37.9 Å². The fourth-order valence-electron chi connectivity index (χ4n) is 8.62. The van der Waals surface area contributed by atoms with Gasteiger partial charge < -0.3 is 37.9 Å². The van der Waals surface area contributed by atoms with Crippen molar-refractivity contribution in [1.29, 1.82) is 0 Å². The highest BCUT2D eigenvalue weighted by molar-refractivity contribution is 4.84. The molecule has 0 aromatic rings. The molecule has 0 aromatic carbocycles. The lowest BCUT2D eigenvalue weighted by molar-refractivity contribution is -0.307. The quantitative estimate of drug-likeness (QED) is 0.0754. The predicted octanol–water partition coefficient (Wildman–Crippen LogP) is 16.6. The van der Waals surface area contributed by atoms with Gasteiger partial charge in [0.15, 0.2) is 18.9 Å². The lowest BCUT2D eigenvalue weighted by Gasteiger charge is -2.42. The van der Waals surface area contributed by atoms with Gasteiger partial charge in [0.2, 0.25) is 0 Å². The van der Waals surface area contributed by atoms with Crippen LogP contribution >= 0.6 is 0 Å². The molecule has 0 aliphatic carbocycles. The molecule has 2 heterocycles. The molecule has 0 amide bonds. The minimum atomic E-state index is -0.127. The van der Waals surface area contributed by atoms with Crippen LogP contribution in [0.5, 0.6) is 0 Å². The predicted molar refractivity (Wildman–Crippen MR) is 283 cm³/mol. The second-order valence-corrected chi connectivity index (χ2v) is 20.0. The Bertz CT molecular complexity index is 934. The maximum Gasteiger partial charge on any atom is 0.163 e. The van der Waals surface area contributed by atoms with Crippen molar-refractivity contribution in [3.8, 4) is 0 Å². The van der Waals surface area contributed by atoms with Crippen molar-refractivity contribution in [3.05, 3.63) is 0 Å². The summed E-state index contributed by atoms with van der Waals surface area (Å²) >= 11 is 0. The molecule has 2 aliphatic rings. The SMILES string of the molecule is C.CCC(C)C(C)C(C)CC.CCC(C)C1OC(OC)C(C)C1C.CCC(CC)(CC)CC.CCCOCC(CC)(COCCC)COCCC.CCOC1OC(OC)C(C)C(C)C1C. The zero-order valence-electron chi connectivity index (χ0n) is 47.5. The number of ether oxygens (including phenoxy) is 8. The van der Waals surface area contributed by atoms with Gasteiger partial charge in [-0.1, -0.05) is 191 Å². The van der Waals surface area contributed by atoms with E-state index in [1.165, 1.54) is 44.9 Å². The average Bonchev–Trinajstić information content (AvgIpc) is 3.61. The van der Waals surface area contributed by atoms with Gasteiger partial charge in [-0.25, -0.2) is 0 Å². The molecule has 2 saturated heterocycles. The number of methoxy groups -OCH3 is 2. The molecule has 0 radical (unpaired) electrons. The summed E-state index contributed by atoms with van der Waals surface area (Å²) in [5, 5.41) is 0. The van der Waals surface area contributed by atoms with E-state index < -0.39 is 0 Å². The van der Waals surface area contributed by atoms with Crippen molar-refractivity contribution in [2.75, 3.05) is 60.5 Å². The Morgan fingerprint density at radius 3 is 1.08 bits per heavy atom. The largest absolute Gasteiger partial charge is 0.381 e. The highest BCUT2D eigenvalue weighted by Gasteiger charge is 2.41. The zero-order chi connectivity index (χ0) is 49.9. The first kappa shape index (κ1) is 71.2. The molecule has 2 aliphatic heterocycles.